The highest BCUT2D eigenvalue weighted by Crippen LogP contribution is 2.20. The van der Waals surface area contributed by atoms with Crippen LogP contribution in [0.2, 0.25) is 0 Å². The van der Waals surface area contributed by atoms with Gasteiger partial charge < -0.3 is 25.2 Å². The minimum atomic E-state index is -0.0347. The SMILES string of the molecule is CCOCCCNC(=NCc1ccc(OC)cc1)NCCCC(C)(C)CO. The van der Waals surface area contributed by atoms with Crippen molar-refractivity contribution in [2.45, 2.75) is 46.6 Å². The fraction of sp³-hybridized carbons (Fsp3) is 0.667. The lowest BCUT2D eigenvalue weighted by atomic mass is 9.89. The van der Waals surface area contributed by atoms with Crippen LogP contribution in [0.1, 0.15) is 45.6 Å². The summed E-state index contributed by atoms with van der Waals surface area (Å²) in [5.74, 6) is 1.66. The second-order valence-corrected chi connectivity index (χ2v) is 7.34. The summed E-state index contributed by atoms with van der Waals surface area (Å²) in [4.78, 5) is 4.68. The van der Waals surface area contributed by atoms with Crippen LogP contribution >= 0.6 is 0 Å². The first-order valence-electron chi connectivity index (χ1n) is 9.84. The maximum Gasteiger partial charge on any atom is 0.191 e. The van der Waals surface area contributed by atoms with E-state index in [2.05, 4.69) is 29.5 Å². The molecule has 0 unspecified atom stereocenters. The van der Waals surface area contributed by atoms with Crippen molar-refractivity contribution in [3.05, 3.63) is 29.8 Å². The molecular weight excluding hydrogens is 342 g/mol. The summed E-state index contributed by atoms with van der Waals surface area (Å²) in [5, 5.41) is 16.1. The largest absolute Gasteiger partial charge is 0.497 e. The molecule has 0 heterocycles. The highest BCUT2D eigenvalue weighted by atomic mass is 16.5. The molecule has 1 aromatic rings. The molecule has 0 bridgehead atoms. The standard InChI is InChI=1S/C21H37N3O3/c1-5-27-15-7-14-23-20(22-13-6-12-21(2,3)17-25)24-16-18-8-10-19(26-4)11-9-18/h8-11,25H,5-7,12-17H2,1-4H3,(H2,22,23,24). The Labute approximate surface area is 164 Å². The van der Waals surface area contributed by atoms with Crippen molar-refractivity contribution in [1.82, 2.24) is 10.6 Å². The van der Waals surface area contributed by atoms with Gasteiger partial charge in [-0.15, -0.1) is 0 Å². The van der Waals surface area contributed by atoms with Gasteiger partial charge in [-0.2, -0.15) is 0 Å². The molecule has 0 aromatic heterocycles. The van der Waals surface area contributed by atoms with Crippen LogP contribution in [0.5, 0.6) is 5.75 Å². The van der Waals surface area contributed by atoms with Gasteiger partial charge in [-0.3, -0.25) is 0 Å². The van der Waals surface area contributed by atoms with Gasteiger partial charge in [-0.1, -0.05) is 26.0 Å². The molecule has 0 saturated carbocycles. The molecule has 1 rings (SSSR count). The van der Waals surface area contributed by atoms with Crippen molar-refractivity contribution in [2.75, 3.05) is 40.0 Å². The van der Waals surface area contributed by atoms with Crippen LogP contribution in [0.3, 0.4) is 0 Å². The predicted octanol–water partition coefficient (Wildman–Crippen LogP) is 2.96. The summed E-state index contributed by atoms with van der Waals surface area (Å²) < 4.78 is 10.6. The van der Waals surface area contributed by atoms with Crippen molar-refractivity contribution < 1.29 is 14.6 Å². The molecule has 0 amide bonds. The van der Waals surface area contributed by atoms with Crippen LogP contribution in [0, 0.1) is 5.41 Å². The first-order valence-corrected chi connectivity index (χ1v) is 9.84. The molecule has 27 heavy (non-hydrogen) atoms. The monoisotopic (exact) mass is 379 g/mol. The van der Waals surface area contributed by atoms with E-state index in [1.165, 1.54) is 0 Å². The number of nitrogens with zero attached hydrogens (tertiary/aromatic N) is 1. The van der Waals surface area contributed by atoms with Gasteiger partial charge in [0.1, 0.15) is 5.75 Å². The second-order valence-electron chi connectivity index (χ2n) is 7.34. The number of hydrogen-bond donors (Lipinski definition) is 3. The zero-order chi connectivity index (χ0) is 20.0. The quantitative estimate of drug-likeness (QED) is 0.279. The number of benzene rings is 1. The van der Waals surface area contributed by atoms with Gasteiger partial charge in [0.15, 0.2) is 5.96 Å². The third-order valence-corrected chi connectivity index (χ3v) is 4.29. The molecule has 0 aliphatic rings. The van der Waals surface area contributed by atoms with Crippen molar-refractivity contribution >= 4 is 5.96 Å². The normalized spacial score (nSPS) is 12.1. The van der Waals surface area contributed by atoms with E-state index < -0.39 is 0 Å². The predicted molar refractivity (Wildman–Crippen MR) is 111 cm³/mol. The van der Waals surface area contributed by atoms with E-state index in [1.54, 1.807) is 7.11 Å². The van der Waals surface area contributed by atoms with E-state index in [1.807, 2.05) is 31.2 Å². The first kappa shape index (κ1) is 23.2. The Morgan fingerprint density at radius 3 is 2.37 bits per heavy atom. The molecule has 0 atom stereocenters. The molecule has 154 valence electrons. The van der Waals surface area contributed by atoms with Gasteiger partial charge in [-0.05, 0) is 49.3 Å². The molecule has 0 radical (unpaired) electrons. The van der Waals surface area contributed by atoms with Crippen molar-refractivity contribution in [2.24, 2.45) is 10.4 Å². The maximum atomic E-state index is 9.36. The molecule has 0 aliphatic carbocycles. The number of nitrogens with one attached hydrogen (secondary N) is 2. The summed E-state index contributed by atoms with van der Waals surface area (Å²) in [5.41, 5.74) is 1.10. The van der Waals surface area contributed by atoms with E-state index in [0.717, 1.165) is 62.8 Å². The van der Waals surface area contributed by atoms with Gasteiger partial charge in [0.05, 0.1) is 13.7 Å². The molecule has 6 heteroatoms. The molecule has 0 aliphatic heterocycles. The van der Waals surface area contributed by atoms with Crippen LogP contribution in [-0.4, -0.2) is 51.1 Å². The summed E-state index contributed by atoms with van der Waals surface area (Å²) in [7, 11) is 1.67. The van der Waals surface area contributed by atoms with Crippen LogP contribution in [0.15, 0.2) is 29.3 Å². The zero-order valence-electron chi connectivity index (χ0n) is 17.4. The molecular formula is C21H37N3O3. The van der Waals surface area contributed by atoms with E-state index in [4.69, 9.17) is 9.47 Å². The topological polar surface area (TPSA) is 75.1 Å². The smallest absolute Gasteiger partial charge is 0.191 e. The molecule has 0 spiro atoms. The Hall–Kier alpha value is -1.79. The minimum Gasteiger partial charge on any atom is -0.497 e. The number of guanidine groups is 1. The molecule has 3 N–H and O–H groups in total. The number of rotatable bonds is 13. The Balaban J connectivity index is 2.51. The van der Waals surface area contributed by atoms with Crippen LogP contribution in [-0.2, 0) is 11.3 Å². The average Bonchev–Trinajstić information content (AvgIpc) is 2.68. The summed E-state index contributed by atoms with van der Waals surface area (Å²) >= 11 is 0. The molecule has 6 nitrogen and oxygen atoms in total. The third-order valence-electron chi connectivity index (χ3n) is 4.29. The summed E-state index contributed by atoms with van der Waals surface area (Å²) in [6.45, 7) is 10.1. The van der Waals surface area contributed by atoms with Crippen LogP contribution in [0.25, 0.3) is 0 Å². The lowest BCUT2D eigenvalue weighted by Crippen LogP contribution is -2.39. The number of hydrogen-bond acceptors (Lipinski definition) is 4. The van der Waals surface area contributed by atoms with Gasteiger partial charge in [0.25, 0.3) is 0 Å². The fourth-order valence-corrected chi connectivity index (χ4v) is 2.45. The highest BCUT2D eigenvalue weighted by Gasteiger charge is 2.15. The number of methoxy groups -OCH3 is 1. The average molecular weight is 380 g/mol. The van der Waals surface area contributed by atoms with E-state index in [0.29, 0.717) is 6.54 Å². The zero-order valence-corrected chi connectivity index (χ0v) is 17.4. The minimum absolute atomic E-state index is 0.0347. The Morgan fingerprint density at radius 2 is 1.78 bits per heavy atom. The van der Waals surface area contributed by atoms with Crippen molar-refractivity contribution in [1.29, 1.82) is 0 Å². The Kier molecular flexibility index (Phi) is 11.5. The van der Waals surface area contributed by atoms with Gasteiger partial charge >= 0.3 is 0 Å². The highest BCUT2D eigenvalue weighted by molar-refractivity contribution is 5.79. The summed E-state index contributed by atoms with van der Waals surface area (Å²) in [6.07, 6.45) is 2.89. The number of aliphatic imine (C=N–C) groups is 1. The van der Waals surface area contributed by atoms with Gasteiger partial charge in [0, 0.05) is 32.9 Å². The lowest BCUT2D eigenvalue weighted by molar-refractivity contribution is 0.145. The van der Waals surface area contributed by atoms with Crippen LogP contribution < -0.4 is 15.4 Å². The fourth-order valence-electron chi connectivity index (χ4n) is 2.45. The Bertz CT molecular complexity index is 530. The van der Waals surface area contributed by atoms with E-state index in [-0.39, 0.29) is 12.0 Å². The number of aliphatic hydroxyl groups is 1. The van der Waals surface area contributed by atoms with E-state index in [9.17, 15) is 5.11 Å². The molecule has 0 fully saturated rings. The van der Waals surface area contributed by atoms with Crippen molar-refractivity contribution in [3.63, 3.8) is 0 Å². The lowest BCUT2D eigenvalue weighted by Gasteiger charge is -2.21. The van der Waals surface area contributed by atoms with Gasteiger partial charge in [-0.25, -0.2) is 4.99 Å². The number of aliphatic hydroxyl groups excluding tert-OH is 1. The third kappa shape index (κ3) is 10.8. The number of ether oxygens (including phenoxy) is 2. The van der Waals surface area contributed by atoms with Crippen molar-refractivity contribution in [3.8, 4) is 5.75 Å². The van der Waals surface area contributed by atoms with Gasteiger partial charge in [0.2, 0.25) is 0 Å². The second kappa shape index (κ2) is 13.4. The first-order chi connectivity index (χ1) is 13.0. The summed E-state index contributed by atoms with van der Waals surface area (Å²) in [6, 6.07) is 7.95. The maximum absolute atomic E-state index is 9.36. The van der Waals surface area contributed by atoms with Crippen LogP contribution in [0.4, 0.5) is 0 Å². The van der Waals surface area contributed by atoms with E-state index >= 15 is 0 Å². The Morgan fingerprint density at radius 1 is 1.11 bits per heavy atom. The molecule has 0 saturated heterocycles. The molecule has 1 aromatic carbocycles.